The summed E-state index contributed by atoms with van der Waals surface area (Å²) in [7, 11) is 0. The lowest BCUT2D eigenvalue weighted by Crippen LogP contribution is -2.25. The molecule has 0 unspecified atom stereocenters. The molecule has 5 nitrogen and oxygen atoms in total. The Morgan fingerprint density at radius 1 is 1.10 bits per heavy atom. The fourth-order valence-electron chi connectivity index (χ4n) is 3.16. The molecule has 29 heavy (non-hydrogen) atoms. The number of Topliss-reactive ketones (excluding diaryl/α,β-unsaturated/α-hetero) is 1. The van der Waals surface area contributed by atoms with E-state index < -0.39 is 0 Å². The van der Waals surface area contributed by atoms with Gasteiger partial charge in [0.1, 0.15) is 5.75 Å². The van der Waals surface area contributed by atoms with Crippen molar-refractivity contribution in [2.75, 3.05) is 25.0 Å². The number of rotatable bonds is 10. The number of carbonyl (C=O) groups excluding carboxylic acids is 2. The van der Waals surface area contributed by atoms with E-state index in [-0.39, 0.29) is 30.7 Å². The summed E-state index contributed by atoms with van der Waals surface area (Å²) in [5.41, 5.74) is 2.35. The van der Waals surface area contributed by atoms with Crippen LogP contribution in [0.1, 0.15) is 41.6 Å². The maximum absolute atomic E-state index is 12.4. The van der Waals surface area contributed by atoms with Gasteiger partial charge in [-0.1, -0.05) is 36.2 Å². The average Bonchev–Trinajstić information content (AvgIpc) is 2.70. The van der Waals surface area contributed by atoms with Gasteiger partial charge in [0.15, 0.2) is 12.4 Å². The largest absolute Gasteiger partial charge is 0.482 e. The fraction of sp³-hybridized carbons (Fsp3) is 0.364. The van der Waals surface area contributed by atoms with Crippen molar-refractivity contribution in [1.82, 2.24) is 5.32 Å². The van der Waals surface area contributed by atoms with Gasteiger partial charge in [0.25, 0.3) is 5.91 Å². The van der Waals surface area contributed by atoms with E-state index in [4.69, 9.17) is 16.3 Å². The number of benzene rings is 2. The Bertz CT molecular complexity index is 843. The molecule has 1 aliphatic heterocycles. The molecule has 1 aliphatic rings. The van der Waals surface area contributed by atoms with E-state index in [0.717, 1.165) is 49.4 Å². The molecule has 0 aromatic heterocycles. The molecule has 3 rings (SSSR count). The van der Waals surface area contributed by atoms with Gasteiger partial charge in [-0.05, 0) is 62.2 Å². The van der Waals surface area contributed by atoms with Crippen LogP contribution in [0.5, 0.6) is 5.75 Å². The summed E-state index contributed by atoms with van der Waals surface area (Å²) in [5.74, 6) is 0.507. The van der Waals surface area contributed by atoms with Crippen LogP contribution >= 0.6 is 24.0 Å². The van der Waals surface area contributed by atoms with Gasteiger partial charge in [0.2, 0.25) is 0 Å². The third-order valence-corrected chi connectivity index (χ3v) is 5.09. The van der Waals surface area contributed by atoms with Gasteiger partial charge < -0.3 is 15.4 Å². The van der Waals surface area contributed by atoms with Crippen LogP contribution in [0.4, 0.5) is 5.69 Å². The summed E-state index contributed by atoms with van der Waals surface area (Å²) >= 11 is 6.14. The minimum atomic E-state index is -0.195. The summed E-state index contributed by atoms with van der Waals surface area (Å²) in [6, 6.07) is 13.1. The number of halogens is 2. The number of amides is 1. The lowest BCUT2D eigenvalue weighted by molar-refractivity contribution is -0.118. The van der Waals surface area contributed by atoms with E-state index in [1.807, 2.05) is 24.3 Å². The number of anilines is 1. The molecule has 0 atom stereocenters. The molecule has 0 spiro atoms. The van der Waals surface area contributed by atoms with Crippen LogP contribution in [0.3, 0.4) is 0 Å². The maximum atomic E-state index is 12.4. The molecule has 1 heterocycles. The zero-order valence-corrected chi connectivity index (χ0v) is 17.8. The second-order valence-electron chi connectivity index (χ2n) is 6.87. The van der Waals surface area contributed by atoms with E-state index >= 15 is 0 Å². The topological polar surface area (TPSA) is 67.4 Å². The lowest BCUT2D eigenvalue weighted by Gasteiger charge is -2.18. The fourth-order valence-corrected chi connectivity index (χ4v) is 3.39. The van der Waals surface area contributed by atoms with Gasteiger partial charge in [-0.25, -0.2) is 0 Å². The highest BCUT2D eigenvalue weighted by molar-refractivity contribution is 6.31. The zero-order chi connectivity index (χ0) is 19.8. The highest BCUT2D eigenvalue weighted by Gasteiger charge is 2.17. The van der Waals surface area contributed by atoms with Crippen LogP contribution in [-0.4, -0.2) is 31.4 Å². The number of fused-ring (bicyclic) bond motifs is 1. The molecule has 0 fully saturated rings. The van der Waals surface area contributed by atoms with Crippen molar-refractivity contribution in [3.05, 3.63) is 58.6 Å². The molecule has 7 heteroatoms. The molecular weight excluding hydrogens is 411 g/mol. The molecule has 1 amide bonds. The van der Waals surface area contributed by atoms with Crippen LogP contribution < -0.4 is 15.4 Å². The van der Waals surface area contributed by atoms with Gasteiger partial charge >= 0.3 is 0 Å². The Balaban J connectivity index is 0.00000300. The first-order valence-corrected chi connectivity index (χ1v) is 10.1. The maximum Gasteiger partial charge on any atom is 0.262 e. The van der Waals surface area contributed by atoms with Crippen molar-refractivity contribution in [3.63, 3.8) is 0 Å². The van der Waals surface area contributed by atoms with Crippen molar-refractivity contribution in [2.24, 2.45) is 0 Å². The first kappa shape index (κ1) is 23.2. The summed E-state index contributed by atoms with van der Waals surface area (Å²) in [4.78, 5) is 23.7. The van der Waals surface area contributed by atoms with Crippen molar-refractivity contribution >= 4 is 41.4 Å². The Labute approximate surface area is 182 Å². The number of ketones is 1. The minimum Gasteiger partial charge on any atom is -0.482 e. The van der Waals surface area contributed by atoms with Crippen molar-refractivity contribution in [1.29, 1.82) is 0 Å². The van der Waals surface area contributed by atoms with E-state index in [1.165, 1.54) is 0 Å². The highest BCUT2D eigenvalue weighted by Crippen LogP contribution is 2.29. The van der Waals surface area contributed by atoms with Crippen LogP contribution in [0.25, 0.3) is 0 Å². The van der Waals surface area contributed by atoms with Crippen molar-refractivity contribution < 1.29 is 14.3 Å². The normalized spacial score (nSPS) is 12.4. The van der Waals surface area contributed by atoms with Crippen LogP contribution in [0.2, 0.25) is 5.02 Å². The summed E-state index contributed by atoms with van der Waals surface area (Å²) in [6.07, 6.45) is 4.30. The van der Waals surface area contributed by atoms with E-state index in [2.05, 4.69) is 10.6 Å². The Hall–Kier alpha value is -2.08. The van der Waals surface area contributed by atoms with Crippen molar-refractivity contribution in [2.45, 2.75) is 32.1 Å². The predicted molar refractivity (Wildman–Crippen MR) is 119 cm³/mol. The molecule has 156 valence electrons. The Morgan fingerprint density at radius 3 is 2.76 bits per heavy atom. The molecule has 2 aromatic carbocycles. The molecule has 0 saturated carbocycles. The monoisotopic (exact) mass is 436 g/mol. The number of ether oxygens (including phenoxy) is 1. The van der Waals surface area contributed by atoms with Crippen molar-refractivity contribution in [3.8, 4) is 5.75 Å². The number of unbranched alkanes of at least 4 members (excludes halogenated alkanes) is 2. The SMILES string of the molecule is Cl.O=C1COc2ccc(C(=O)CCCCCNCCc3ccccc3Cl)cc2N1. The van der Waals surface area contributed by atoms with Gasteiger partial charge in [-0.2, -0.15) is 0 Å². The number of nitrogens with one attached hydrogen (secondary N) is 2. The molecule has 0 radical (unpaired) electrons. The first-order valence-electron chi connectivity index (χ1n) is 9.67. The highest BCUT2D eigenvalue weighted by atomic mass is 35.5. The smallest absolute Gasteiger partial charge is 0.262 e. The summed E-state index contributed by atoms with van der Waals surface area (Å²) in [5, 5.41) is 6.97. The molecule has 0 saturated heterocycles. The van der Waals surface area contributed by atoms with Gasteiger partial charge in [-0.15, -0.1) is 12.4 Å². The number of hydrogen-bond acceptors (Lipinski definition) is 4. The average molecular weight is 437 g/mol. The molecule has 0 bridgehead atoms. The Morgan fingerprint density at radius 2 is 1.93 bits per heavy atom. The standard InChI is InChI=1S/C22H25ClN2O3.ClH/c23-18-7-4-3-6-16(18)11-13-24-12-5-1-2-8-20(26)17-9-10-21-19(14-17)25-22(27)15-28-21;/h3-4,6-7,9-10,14,24H,1-2,5,8,11-13,15H2,(H,25,27);1H. The molecule has 2 aromatic rings. The Kier molecular flexibility index (Phi) is 9.45. The zero-order valence-electron chi connectivity index (χ0n) is 16.2. The van der Waals surface area contributed by atoms with Crippen LogP contribution in [0.15, 0.2) is 42.5 Å². The second kappa shape index (κ2) is 11.8. The quantitative estimate of drug-likeness (QED) is 0.419. The van der Waals surface area contributed by atoms with Crippen LogP contribution in [-0.2, 0) is 11.2 Å². The van der Waals surface area contributed by atoms with E-state index in [1.54, 1.807) is 18.2 Å². The third-order valence-electron chi connectivity index (χ3n) is 4.72. The third kappa shape index (κ3) is 7.03. The second-order valence-corrected chi connectivity index (χ2v) is 7.28. The van der Waals surface area contributed by atoms with E-state index in [9.17, 15) is 9.59 Å². The first-order chi connectivity index (χ1) is 13.6. The predicted octanol–water partition coefficient (Wildman–Crippen LogP) is 4.67. The number of carbonyl (C=O) groups is 2. The lowest BCUT2D eigenvalue weighted by atomic mass is 10.0. The molecule has 0 aliphatic carbocycles. The van der Waals surface area contributed by atoms with Gasteiger partial charge in [0.05, 0.1) is 5.69 Å². The molecular formula is C22H26Cl2N2O3. The minimum absolute atomic E-state index is 0. The van der Waals surface area contributed by atoms with Gasteiger partial charge in [0, 0.05) is 17.0 Å². The van der Waals surface area contributed by atoms with Gasteiger partial charge in [-0.3, -0.25) is 9.59 Å². The van der Waals surface area contributed by atoms with Crippen LogP contribution in [0, 0.1) is 0 Å². The molecule has 2 N–H and O–H groups in total. The number of hydrogen-bond donors (Lipinski definition) is 2. The summed E-state index contributed by atoms with van der Waals surface area (Å²) in [6.45, 7) is 1.85. The summed E-state index contributed by atoms with van der Waals surface area (Å²) < 4.78 is 5.31. The van der Waals surface area contributed by atoms with E-state index in [0.29, 0.717) is 23.4 Å².